The van der Waals surface area contributed by atoms with E-state index in [-0.39, 0.29) is 17.7 Å². The lowest BCUT2D eigenvalue weighted by Crippen LogP contribution is -2.35. The Morgan fingerprint density at radius 2 is 1.69 bits per heavy atom. The molecule has 4 rings (SSSR count). The molecule has 0 N–H and O–H groups in total. The molecule has 0 bridgehead atoms. The summed E-state index contributed by atoms with van der Waals surface area (Å²) in [5.41, 5.74) is 1.92. The number of esters is 1. The second kappa shape index (κ2) is 7.35. The number of imide groups is 1. The van der Waals surface area contributed by atoms with Crippen molar-refractivity contribution >= 4 is 28.8 Å². The molecular weight excluding hydrogens is 374 g/mol. The van der Waals surface area contributed by atoms with Gasteiger partial charge >= 0.3 is 11.6 Å². The van der Waals surface area contributed by atoms with Crippen LogP contribution in [0.25, 0.3) is 11.0 Å². The maximum atomic E-state index is 12.3. The van der Waals surface area contributed by atoms with Crippen LogP contribution in [-0.4, -0.2) is 29.2 Å². The lowest BCUT2D eigenvalue weighted by atomic mass is 10.1. The summed E-state index contributed by atoms with van der Waals surface area (Å²) in [5, 5.41) is 0.662. The molecule has 2 aromatic carbocycles. The summed E-state index contributed by atoms with van der Waals surface area (Å²) in [7, 11) is 0. The number of fused-ring (bicyclic) bond motifs is 2. The van der Waals surface area contributed by atoms with Crippen LogP contribution >= 0.6 is 0 Å². The van der Waals surface area contributed by atoms with Crippen LogP contribution < -0.4 is 5.63 Å². The highest BCUT2D eigenvalue weighted by Crippen LogP contribution is 2.23. The molecule has 1 aliphatic rings. The normalized spacial score (nSPS) is 13.1. The van der Waals surface area contributed by atoms with E-state index in [0.717, 1.165) is 16.9 Å². The highest BCUT2D eigenvalue weighted by atomic mass is 16.5. The molecule has 29 heavy (non-hydrogen) atoms. The molecule has 0 fully saturated rings. The summed E-state index contributed by atoms with van der Waals surface area (Å²) < 4.78 is 10.5. The van der Waals surface area contributed by atoms with Crippen molar-refractivity contribution in [2.75, 3.05) is 6.54 Å². The molecule has 2 amide bonds. The quantitative estimate of drug-likeness (QED) is 0.377. The van der Waals surface area contributed by atoms with E-state index in [2.05, 4.69) is 0 Å². The summed E-state index contributed by atoms with van der Waals surface area (Å²) >= 11 is 0. The highest BCUT2D eigenvalue weighted by molar-refractivity contribution is 6.22. The molecule has 7 heteroatoms. The number of ether oxygens (including phenoxy) is 1. The van der Waals surface area contributed by atoms with Crippen molar-refractivity contribution in [3.05, 3.63) is 81.2 Å². The monoisotopic (exact) mass is 391 g/mol. The van der Waals surface area contributed by atoms with E-state index >= 15 is 0 Å². The molecule has 0 atom stereocenters. The Kier molecular flexibility index (Phi) is 4.72. The van der Waals surface area contributed by atoms with Gasteiger partial charge in [-0.1, -0.05) is 31.2 Å². The molecule has 2 heterocycles. The third-order valence-electron chi connectivity index (χ3n) is 4.86. The maximum absolute atomic E-state index is 12.3. The van der Waals surface area contributed by atoms with Crippen molar-refractivity contribution in [2.45, 2.75) is 20.0 Å². The number of amides is 2. The predicted molar refractivity (Wildman–Crippen MR) is 103 cm³/mol. The Labute approximate surface area is 165 Å². The first-order chi connectivity index (χ1) is 14.0. The first-order valence-electron chi connectivity index (χ1n) is 9.14. The lowest BCUT2D eigenvalue weighted by molar-refractivity contribution is -0.145. The standard InChI is InChI=1S/C22H17NO6/c1-2-13-7-8-15-14(10-19(24)29-18(15)9-13)12-28-20(25)11-23-21(26)16-5-3-4-6-17(16)22(23)27/h3-10H,2,11-12H2,1H3. The van der Waals surface area contributed by atoms with Gasteiger partial charge in [-0.3, -0.25) is 19.3 Å². The Morgan fingerprint density at radius 3 is 2.34 bits per heavy atom. The van der Waals surface area contributed by atoms with Gasteiger partial charge in [0.05, 0.1) is 11.1 Å². The van der Waals surface area contributed by atoms with Gasteiger partial charge in [-0.2, -0.15) is 0 Å². The van der Waals surface area contributed by atoms with Gasteiger partial charge in [-0.05, 0) is 30.2 Å². The van der Waals surface area contributed by atoms with Gasteiger partial charge in [0.1, 0.15) is 18.7 Å². The first kappa shape index (κ1) is 18.6. The first-order valence-corrected chi connectivity index (χ1v) is 9.14. The minimum atomic E-state index is -0.744. The van der Waals surface area contributed by atoms with Crippen molar-refractivity contribution in [2.24, 2.45) is 0 Å². The van der Waals surface area contributed by atoms with Crippen molar-refractivity contribution < 1.29 is 23.5 Å². The van der Waals surface area contributed by atoms with Crippen LogP contribution in [0.2, 0.25) is 0 Å². The molecule has 0 saturated carbocycles. The summed E-state index contributed by atoms with van der Waals surface area (Å²) in [6.07, 6.45) is 0.791. The highest BCUT2D eigenvalue weighted by Gasteiger charge is 2.36. The lowest BCUT2D eigenvalue weighted by Gasteiger charge is -2.13. The van der Waals surface area contributed by atoms with E-state index < -0.39 is 30.0 Å². The van der Waals surface area contributed by atoms with E-state index in [4.69, 9.17) is 9.15 Å². The molecule has 1 aliphatic heterocycles. The summed E-state index contributed by atoms with van der Waals surface area (Å²) in [6.45, 7) is 1.32. The molecule has 146 valence electrons. The minimum absolute atomic E-state index is 0.171. The number of benzene rings is 2. The largest absolute Gasteiger partial charge is 0.459 e. The fraction of sp³-hybridized carbons (Fsp3) is 0.182. The third kappa shape index (κ3) is 3.42. The number of carbonyl (C=O) groups excluding carboxylic acids is 3. The van der Waals surface area contributed by atoms with E-state index in [1.165, 1.54) is 6.07 Å². The fourth-order valence-corrected chi connectivity index (χ4v) is 3.33. The topological polar surface area (TPSA) is 93.9 Å². The Balaban J connectivity index is 1.49. The van der Waals surface area contributed by atoms with E-state index in [9.17, 15) is 19.2 Å². The number of hydrogen-bond acceptors (Lipinski definition) is 6. The molecule has 7 nitrogen and oxygen atoms in total. The average molecular weight is 391 g/mol. The molecule has 3 aromatic rings. The Morgan fingerprint density at radius 1 is 1.00 bits per heavy atom. The van der Waals surface area contributed by atoms with Gasteiger partial charge < -0.3 is 9.15 Å². The molecule has 1 aromatic heterocycles. The Hall–Kier alpha value is -3.74. The molecule has 0 saturated heterocycles. The van der Waals surface area contributed by atoms with E-state index in [1.807, 2.05) is 19.1 Å². The van der Waals surface area contributed by atoms with Gasteiger partial charge in [0.2, 0.25) is 0 Å². The average Bonchev–Trinajstić information content (AvgIpc) is 2.96. The number of carbonyl (C=O) groups is 3. The summed E-state index contributed by atoms with van der Waals surface area (Å²) in [6, 6.07) is 13.2. The molecule has 0 aliphatic carbocycles. The van der Waals surface area contributed by atoms with Gasteiger partial charge in [-0.25, -0.2) is 4.79 Å². The number of nitrogens with zero attached hydrogens (tertiary/aromatic N) is 1. The van der Waals surface area contributed by atoms with Crippen molar-refractivity contribution in [1.29, 1.82) is 0 Å². The van der Waals surface area contributed by atoms with E-state index in [0.29, 0.717) is 16.5 Å². The number of rotatable bonds is 5. The smallest absolute Gasteiger partial charge is 0.336 e. The van der Waals surface area contributed by atoms with Crippen LogP contribution in [0.3, 0.4) is 0 Å². The maximum Gasteiger partial charge on any atom is 0.336 e. The van der Waals surface area contributed by atoms with Crippen molar-refractivity contribution in [1.82, 2.24) is 4.90 Å². The zero-order valence-corrected chi connectivity index (χ0v) is 15.6. The number of hydrogen-bond donors (Lipinski definition) is 0. The Bertz CT molecular complexity index is 1170. The minimum Gasteiger partial charge on any atom is -0.459 e. The third-order valence-corrected chi connectivity index (χ3v) is 4.86. The molecule has 0 spiro atoms. The van der Waals surface area contributed by atoms with Crippen LogP contribution in [0.5, 0.6) is 0 Å². The van der Waals surface area contributed by atoms with Crippen LogP contribution in [0.15, 0.2) is 57.7 Å². The van der Waals surface area contributed by atoms with Gasteiger partial charge in [-0.15, -0.1) is 0 Å². The second-order valence-corrected chi connectivity index (χ2v) is 6.68. The second-order valence-electron chi connectivity index (χ2n) is 6.68. The predicted octanol–water partition coefficient (Wildman–Crippen LogP) is 2.69. The van der Waals surface area contributed by atoms with Gasteiger partial charge in [0, 0.05) is 17.0 Å². The van der Waals surface area contributed by atoms with Crippen molar-refractivity contribution in [3.63, 3.8) is 0 Å². The molecule has 0 unspecified atom stereocenters. The van der Waals surface area contributed by atoms with Crippen LogP contribution in [0, 0.1) is 0 Å². The molecule has 0 radical (unpaired) electrons. The van der Waals surface area contributed by atoms with Crippen LogP contribution in [-0.2, 0) is 22.6 Å². The zero-order valence-electron chi connectivity index (χ0n) is 15.6. The fourth-order valence-electron chi connectivity index (χ4n) is 3.33. The summed E-state index contributed by atoms with van der Waals surface area (Å²) in [4.78, 5) is 49.6. The molecular formula is C22H17NO6. The summed E-state index contributed by atoms with van der Waals surface area (Å²) in [5.74, 6) is -1.80. The van der Waals surface area contributed by atoms with E-state index in [1.54, 1.807) is 30.3 Å². The van der Waals surface area contributed by atoms with Gasteiger partial charge in [0.25, 0.3) is 11.8 Å². The van der Waals surface area contributed by atoms with Crippen LogP contribution in [0.4, 0.5) is 0 Å². The van der Waals surface area contributed by atoms with Crippen LogP contribution in [0.1, 0.15) is 38.8 Å². The van der Waals surface area contributed by atoms with Gasteiger partial charge in [0.15, 0.2) is 0 Å². The zero-order chi connectivity index (χ0) is 20.5. The van der Waals surface area contributed by atoms with Crippen molar-refractivity contribution in [3.8, 4) is 0 Å². The SMILES string of the molecule is CCc1ccc2c(COC(=O)CN3C(=O)c4ccccc4C3=O)cc(=O)oc2c1. The number of aryl methyl sites for hydroxylation is 1.